The Hall–Kier alpha value is -1.45. The Morgan fingerprint density at radius 3 is 2.80 bits per heavy atom. The molecule has 2 heterocycles. The Balaban J connectivity index is 1.95. The van der Waals surface area contributed by atoms with Crippen LogP contribution in [0.2, 0.25) is 0 Å². The summed E-state index contributed by atoms with van der Waals surface area (Å²) in [6, 6.07) is 1.95. The van der Waals surface area contributed by atoms with Crippen molar-refractivity contribution in [3.05, 3.63) is 27.6 Å². The summed E-state index contributed by atoms with van der Waals surface area (Å²) in [7, 11) is -3.52. The van der Waals surface area contributed by atoms with Gasteiger partial charge >= 0.3 is 10.1 Å². The van der Waals surface area contributed by atoms with Crippen LogP contribution in [0.3, 0.4) is 0 Å². The molecule has 2 aromatic rings. The van der Waals surface area contributed by atoms with E-state index in [4.69, 9.17) is 4.18 Å². The highest BCUT2D eigenvalue weighted by atomic mass is 32.2. The first-order valence-electron chi connectivity index (χ1n) is 8.02. The smallest absolute Gasteiger partial charge is 0.309 e. The number of aryl methyl sites for hydroxylation is 3. The summed E-state index contributed by atoms with van der Waals surface area (Å²) >= 11 is 2.75. The maximum atomic E-state index is 11.9. The van der Waals surface area contributed by atoms with Crippen molar-refractivity contribution >= 4 is 43.8 Å². The first-order valence-corrected chi connectivity index (χ1v) is 11.3. The van der Waals surface area contributed by atoms with E-state index in [0.29, 0.717) is 16.6 Å². The molecule has 6 nitrogen and oxygen atoms in total. The van der Waals surface area contributed by atoms with E-state index in [0.717, 1.165) is 35.4 Å². The molecule has 25 heavy (non-hydrogen) atoms. The van der Waals surface area contributed by atoms with Gasteiger partial charge in [0.1, 0.15) is 0 Å². The molecule has 0 aromatic carbocycles. The molecule has 0 radical (unpaired) electrons. The number of unbranched alkanes of at least 4 members (excludes halogenated alkanes) is 1. The number of thiophene rings is 1. The minimum absolute atomic E-state index is 0.0426. The minimum Gasteiger partial charge on any atom is -0.371 e. The van der Waals surface area contributed by atoms with Gasteiger partial charge in [0.05, 0.1) is 11.4 Å². The van der Waals surface area contributed by atoms with Crippen LogP contribution < -0.4 is 9.50 Å². The van der Waals surface area contributed by atoms with Crippen LogP contribution in [-0.4, -0.2) is 25.1 Å². The summed E-state index contributed by atoms with van der Waals surface area (Å²) in [6.07, 6.45) is 2.87. The zero-order valence-corrected chi connectivity index (χ0v) is 16.9. The first-order chi connectivity index (χ1) is 11.8. The molecule has 0 unspecified atom stereocenters. The molecule has 2 rings (SSSR count). The molecule has 1 N–H and O–H groups in total. The molecule has 0 saturated heterocycles. The molecule has 138 valence electrons. The Morgan fingerprint density at radius 2 is 2.12 bits per heavy atom. The van der Waals surface area contributed by atoms with Crippen LogP contribution in [0, 0.1) is 6.92 Å². The van der Waals surface area contributed by atoms with Crippen LogP contribution in [-0.2, 0) is 27.8 Å². The van der Waals surface area contributed by atoms with Crippen LogP contribution >= 0.6 is 22.7 Å². The second-order valence-corrected chi connectivity index (χ2v) is 9.35. The van der Waals surface area contributed by atoms with E-state index in [9.17, 15) is 13.2 Å². The lowest BCUT2D eigenvalue weighted by molar-refractivity contribution is -0.114. The number of aromatic nitrogens is 1. The minimum atomic E-state index is -3.52. The van der Waals surface area contributed by atoms with Gasteiger partial charge in [0.2, 0.25) is 5.91 Å². The van der Waals surface area contributed by atoms with E-state index in [1.807, 2.05) is 25.3 Å². The summed E-state index contributed by atoms with van der Waals surface area (Å²) < 4.78 is 29.1. The molecule has 0 fully saturated rings. The predicted octanol–water partition coefficient (Wildman–Crippen LogP) is 3.77. The lowest BCUT2D eigenvalue weighted by Crippen LogP contribution is -2.13. The molecule has 0 spiro atoms. The Bertz CT molecular complexity index is 824. The zero-order chi connectivity index (χ0) is 18.4. The predicted molar refractivity (Wildman–Crippen MR) is 102 cm³/mol. The Morgan fingerprint density at radius 1 is 1.36 bits per heavy atom. The van der Waals surface area contributed by atoms with E-state index in [1.165, 1.54) is 29.6 Å². The third kappa shape index (κ3) is 6.41. The number of hydrogen-bond donors (Lipinski definition) is 1. The molecule has 0 aliphatic heterocycles. The van der Waals surface area contributed by atoms with Gasteiger partial charge in [0.15, 0.2) is 10.2 Å². The van der Waals surface area contributed by atoms with Crippen molar-refractivity contribution in [2.24, 2.45) is 0 Å². The van der Waals surface area contributed by atoms with Gasteiger partial charge in [-0.25, -0.2) is 4.98 Å². The summed E-state index contributed by atoms with van der Waals surface area (Å²) in [5, 5.41) is 5.62. The molecule has 0 saturated carbocycles. The van der Waals surface area contributed by atoms with Crippen LogP contribution in [0.25, 0.3) is 0 Å². The molecular formula is C16H22N2O4S3. The average Bonchev–Trinajstić information content (AvgIpc) is 3.09. The lowest BCUT2D eigenvalue weighted by atomic mass is 10.2. The van der Waals surface area contributed by atoms with Gasteiger partial charge in [-0.1, -0.05) is 13.3 Å². The first kappa shape index (κ1) is 19.9. The summed E-state index contributed by atoms with van der Waals surface area (Å²) in [5.41, 5.74) is 1.73. The Kier molecular flexibility index (Phi) is 6.97. The summed E-state index contributed by atoms with van der Waals surface area (Å²) in [5.74, 6) is -0.0955. The van der Waals surface area contributed by atoms with E-state index in [1.54, 1.807) is 0 Å². The molecular weight excluding hydrogens is 380 g/mol. The molecule has 0 aliphatic carbocycles. The highest BCUT2D eigenvalue weighted by Gasteiger charge is 2.16. The number of anilines is 1. The van der Waals surface area contributed by atoms with Gasteiger partial charge in [0.25, 0.3) is 0 Å². The van der Waals surface area contributed by atoms with E-state index < -0.39 is 10.1 Å². The highest BCUT2D eigenvalue weighted by molar-refractivity contribution is 7.87. The maximum absolute atomic E-state index is 11.9. The SMILES string of the molecule is CCCCS(=O)(=O)Oc1sc(CCc2csc(NC(C)=O)n2)cc1C. The zero-order valence-electron chi connectivity index (χ0n) is 14.5. The van der Waals surface area contributed by atoms with E-state index in [2.05, 4.69) is 10.3 Å². The normalized spacial score (nSPS) is 11.5. The summed E-state index contributed by atoms with van der Waals surface area (Å²) in [4.78, 5) is 16.4. The number of nitrogens with zero attached hydrogens (tertiary/aromatic N) is 1. The molecule has 0 atom stereocenters. The van der Waals surface area contributed by atoms with Gasteiger partial charge in [-0.05, 0) is 32.3 Å². The monoisotopic (exact) mass is 402 g/mol. The van der Waals surface area contributed by atoms with Crippen molar-refractivity contribution < 1.29 is 17.4 Å². The van der Waals surface area contributed by atoms with Gasteiger partial charge in [-0.2, -0.15) is 8.42 Å². The molecule has 9 heteroatoms. The van der Waals surface area contributed by atoms with Crippen molar-refractivity contribution in [1.82, 2.24) is 4.98 Å². The third-order valence-corrected chi connectivity index (χ3v) is 6.63. The fourth-order valence-corrected chi connectivity index (χ4v) is 5.32. The number of rotatable bonds is 9. The highest BCUT2D eigenvalue weighted by Crippen LogP contribution is 2.32. The fourth-order valence-electron chi connectivity index (χ4n) is 2.09. The van der Waals surface area contributed by atoms with Crippen LogP contribution in [0.5, 0.6) is 5.06 Å². The second-order valence-electron chi connectivity index (χ2n) is 5.71. The molecule has 1 amide bonds. The Labute approximate surface area is 156 Å². The van der Waals surface area contributed by atoms with Crippen LogP contribution in [0.1, 0.15) is 42.8 Å². The molecule has 2 aromatic heterocycles. The van der Waals surface area contributed by atoms with Crippen molar-refractivity contribution in [2.45, 2.75) is 46.5 Å². The standard InChI is InChI=1S/C16H22N2O4S3/c1-4-5-8-25(20,21)22-15-11(2)9-14(24-15)7-6-13-10-23-16(18-13)17-12(3)19/h9-10H,4-8H2,1-3H3,(H,17,18,19). The second kappa shape index (κ2) is 8.77. The fraction of sp³-hybridized carbons (Fsp3) is 0.500. The van der Waals surface area contributed by atoms with Gasteiger partial charge < -0.3 is 9.50 Å². The van der Waals surface area contributed by atoms with Crippen molar-refractivity contribution in [2.75, 3.05) is 11.1 Å². The van der Waals surface area contributed by atoms with E-state index >= 15 is 0 Å². The number of amides is 1. The molecule has 0 bridgehead atoms. The topological polar surface area (TPSA) is 85.4 Å². The summed E-state index contributed by atoms with van der Waals surface area (Å²) in [6.45, 7) is 5.24. The largest absolute Gasteiger partial charge is 0.371 e. The maximum Gasteiger partial charge on any atom is 0.309 e. The van der Waals surface area contributed by atoms with E-state index in [-0.39, 0.29) is 11.7 Å². The van der Waals surface area contributed by atoms with Crippen molar-refractivity contribution in [3.63, 3.8) is 0 Å². The van der Waals surface area contributed by atoms with Gasteiger partial charge in [-0.3, -0.25) is 4.79 Å². The lowest BCUT2D eigenvalue weighted by Gasteiger charge is -2.04. The number of carbonyl (C=O) groups is 1. The number of carbonyl (C=O) groups excluding carboxylic acids is 1. The number of hydrogen-bond acceptors (Lipinski definition) is 7. The quantitative estimate of drug-likeness (QED) is 0.646. The third-order valence-electron chi connectivity index (χ3n) is 3.34. The molecule has 0 aliphatic rings. The number of thiazole rings is 1. The average molecular weight is 403 g/mol. The van der Waals surface area contributed by atoms with Crippen LogP contribution in [0.15, 0.2) is 11.4 Å². The van der Waals surface area contributed by atoms with Gasteiger partial charge in [0, 0.05) is 22.7 Å². The van der Waals surface area contributed by atoms with Gasteiger partial charge in [-0.15, -0.1) is 22.7 Å². The van der Waals surface area contributed by atoms with Crippen LogP contribution in [0.4, 0.5) is 5.13 Å². The number of nitrogens with one attached hydrogen (secondary N) is 1. The van der Waals surface area contributed by atoms with Crippen molar-refractivity contribution in [3.8, 4) is 5.06 Å². The van der Waals surface area contributed by atoms with Crippen molar-refractivity contribution in [1.29, 1.82) is 0 Å².